The molecular weight excluding hydrogens is 1160 g/mol. The number of ether oxygens (including phenoxy) is 4. The Morgan fingerprint density at radius 3 is 0.773 bits per heavy atom. The third-order valence-electron chi connectivity index (χ3n) is 16.0. The highest BCUT2D eigenvalue weighted by Crippen LogP contribution is 2.45. The highest BCUT2D eigenvalue weighted by Gasteiger charge is 2.30. The van der Waals surface area contributed by atoms with Gasteiger partial charge in [0.2, 0.25) is 0 Å². The molecule has 0 saturated heterocycles. The summed E-state index contributed by atoms with van der Waals surface area (Å²) in [5.74, 6) is -1.43. The molecule has 0 aromatic carbocycles. The average molecular weight is 1300 g/mol. The number of aliphatic hydroxyl groups is 1. The minimum absolute atomic E-state index is 0.104. The summed E-state index contributed by atoms with van der Waals surface area (Å²) in [6.45, 7) is 7.17. The quantitative estimate of drug-likeness (QED) is 0.0222. The minimum Gasteiger partial charge on any atom is -0.462 e. The number of carbonyl (C=O) groups is 4. The molecule has 0 aliphatic carbocycles. The van der Waals surface area contributed by atoms with Crippen molar-refractivity contribution in [3.63, 3.8) is 0 Å². The molecule has 3 N–H and O–H groups in total. The number of unbranched alkanes of at least 4 members (excludes halogenated alkanes) is 41. The zero-order chi connectivity index (χ0) is 64.9. The van der Waals surface area contributed by atoms with Gasteiger partial charge in [0.1, 0.15) is 19.3 Å². The third kappa shape index (κ3) is 62.8. The Balaban J connectivity index is 5.23. The lowest BCUT2D eigenvalue weighted by molar-refractivity contribution is -0.161. The Labute approximate surface area is 537 Å². The minimum atomic E-state index is -4.95. The molecule has 17 nitrogen and oxygen atoms in total. The third-order valence-corrected chi connectivity index (χ3v) is 17.9. The fourth-order valence-electron chi connectivity index (χ4n) is 10.5. The van der Waals surface area contributed by atoms with Crippen LogP contribution in [0.3, 0.4) is 0 Å². The predicted molar refractivity (Wildman–Crippen MR) is 354 cm³/mol. The number of phosphoric acid groups is 2. The maximum atomic E-state index is 13.0. The van der Waals surface area contributed by atoms with E-state index >= 15 is 0 Å². The summed E-state index contributed by atoms with van der Waals surface area (Å²) in [5, 5.41) is 10.6. The molecule has 0 fully saturated rings. The topological polar surface area (TPSA) is 237 Å². The lowest BCUT2D eigenvalue weighted by Crippen LogP contribution is -2.30. The second-order valence-electron chi connectivity index (χ2n) is 25.4. The van der Waals surface area contributed by atoms with Crippen molar-refractivity contribution in [3.8, 4) is 0 Å². The van der Waals surface area contributed by atoms with Crippen LogP contribution in [0.5, 0.6) is 0 Å². The molecule has 0 spiro atoms. The summed E-state index contributed by atoms with van der Waals surface area (Å²) in [6, 6.07) is 0. The monoisotopic (exact) mass is 1300 g/mol. The maximum absolute atomic E-state index is 13.0. The molecule has 0 aliphatic rings. The second-order valence-corrected chi connectivity index (χ2v) is 28.3. The van der Waals surface area contributed by atoms with Crippen LogP contribution < -0.4 is 0 Å². The number of phosphoric ester groups is 2. The molecule has 0 saturated carbocycles. The molecule has 0 aromatic heterocycles. The van der Waals surface area contributed by atoms with Crippen LogP contribution in [-0.4, -0.2) is 96.7 Å². The molecule has 19 heteroatoms. The number of esters is 4. The van der Waals surface area contributed by atoms with Gasteiger partial charge in [-0.3, -0.25) is 37.3 Å². The first-order chi connectivity index (χ1) is 42.5. The molecule has 88 heavy (non-hydrogen) atoms. The van der Waals surface area contributed by atoms with E-state index in [2.05, 4.69) is 34.6 Å². The van der Waals surface area contributed by atoms with Crippen LogP contribution in [0, 0.1) is 5.92 Å². The molecule has 0 aromatic rings. The van der Waals surface area contributed by atoms with E-state index < -0.39 is 97.5 Å². The second kappa shape index (κ2) is 62.5. The van der Waals surface area contributed by atoms with E-state index in [0.717, 1.165) is 89.9 Å². The zero-order valence-corrected chi connectivity index (χ0v) is 58.6. The van der Waals surface area contributed by atoms with Crippen LogP contribution >= 0.6 is 15.6 Å². The molecule has 2 unspecified atom stereocenters. The van der Waals surface area contributed by atoms with Crippen LogP contribution in [0.25, 0.3) is 0 Å². The van der Waals surface area contributed by atoms with E-state index in [1.807, 2.05) is 0 Å². The summed E-state index contributed by atoms with van der Waals surface area (Å²) >= 11 is 0. The smallest absolute Gasteiger partial charge is 0.462 e. The van der Waals surface area contributed by atoms with Crippen LogP contribution in [0.15, 0.2) is 0 Å². The zero-order valence-electron chi connectivity index (χ0n) is 56.9. The summed E-state index contributed by atoms with van der Waals surface area (Å²) in [5.41, 5.74) is 0. The molecule has 0 radical (unpaired) electrons. The lowest BCUT2D eigenvalue weighted by atomic mass is 10.0. The van der Waals surface area contributed by atoms with Gasteiger partial charge in [-0.15, -0.1) is 0 Å². The van der Waals surface area contributed by atoms with Crippen molar-refractivity contribution in [2.75, 3.05) is 39.6 Å². The van der Waals surface area contributed by atoms with Crippen molar-refractivity contribution in [1.29, 1.82) is 0 Å². The SMILES string of the molecule is CCCCCCCCCCCCCCCCC(=O)OC[C@H](COP(=O)(O)OC[C@@H](O)COP(=O)(O)OC[C@@H](COC(=O)CCCCCCCCCCCC)OC(=O)CCCCCCCCCC(C)C)OC(=O)CCCCCCCCCCCCCCCC. The Bertz CT molecular complexity index is 1700. The number of aliphatic hydroxyl groups excluding tert-OH is 1. The van der Waals surface area contributed by atoms with E-state index in [1.165, 1.54) is 180 Å². The van der Waals surface area contributed by atoms with Crippen molar-refractivity contribution in [2.24, 2.45) is 5.92 Å². The van der Waals surface area contributed by atoms with Gasteiger partial charge >= 0.3 is 39.5 Å². The van der Waals surface area contributed by atoms with Crippen LogP contribution in [0.2, 0.25) is 0 Å². The van der Waals surface area contributed by atoms with Crippen LogP contribution in [-0.2, 0) is 65.4 Å². The summed E-state index contributed by atoms with van der Waals surface area (Å²) in [7, 11) is -9.89. The molecule has 0 bridgehead atoms. The molecule has 0 rings (SSSR count). The van der Waals surface area contributed by atoms with Gasteiger partial charge in [0.05, 0.1) is 26.4 Å². The van der Waals surface area contributed by atoms with E-state index in [0.29, 0.717) is 31.6 Å². The first-order valence-electron chi connectivity index (χ1n) is 36.1. The number of hydrogen-bond donors (Lipinski definition) is 3. The Morgan fingerprint density at radius 1 is 0.307 bits per heavy atom. The van der Waals surface area contributed by atoms with Gasteiger partial charge in [-0.05, 0) is 31.6 Å². The summed E-state index contributed by atoms with van der Waals surface area (Å²) in [6.07, 6.45) is 48.5. The Morgan fingerprint density at radius 2 is 0.523 bits per heavy atom. The van der Waals surface area contributed by atoms with E-state index in [-0.39, 0.29) is 25.7 Å². The van der Waals surface area contributed by atoms with Crippen molar-refractivity contribution in [2.45, 2.75) is 374 Å². The maximum Gasteiger partial charge on any atom is 0.472 e. The Hall–Kier alpha value is -1.94. The van der Waals surface area contributed by atoms with Gasteiger partial charge in [-0.1, -0.05) is 304 Å². The van der Waals surface area contributed by atoms with Gasteiger partial charge in [0.25, 0.3) is 0 Å². The van der Waals surface area contributed by atoms with Crippen LogP contribution in [0.1, 0.15) is 356 Å². The predicted octanol–water partition coefficient (Wildman–Crippen LogP) is 19.7. The van der Waals surface area contributed by atoms with E-state index in [4.69, 9.17) is 37.0 Å². The van der Waals surface area contributed by atoms with Gasteiger partial charge in [-0.2, -0.15) is 0 Å². The normalized spacial score (nSPS) is 14.1. The molecular formula is C69H134O17P2. The van der Waals surface area contributed by atoms with Crippen LogP contribution in [0.4, 0.5) is 0 Å². The van der Waals surface area contributed by atoms with Crippen molar-refractivity contribution >= 4 is 39.5 Å². The first kappa shape index (κ1) is 86.1. The average Bonchev–Trinajstić information content (AvgIpc) is 3.55. The standard InChI is InChI=1S/C69H134O17P2/c1-6-9-12-15-18-21-24-26-28-30-33-38-43-48-53-67(72)80-58-64(85-68(73)54-49-44-39-34-31-29-27-25-22-19-16-13-10-7-2)60-83-87(75,76)81-56-63(70)57-82-88(77,78)84-61-65(86-69(74)55-50-45-40-35-36-41-46-51-62(4)5)59-79-66(71)52-47-42-37-32-23-20-17-14-11-8-3/h62-65,70H,6-61H2,1-5H3,(H,75,76)(H,77,78)/t63-,64-,65-/m1/s1. The van der Waals surface area contributed by atoms with Gasteiger partial charge < -0.3 is 33.8 Å². The highest BCUT2D eigenvalue weighted by atomic mass is 31.2. The van der Waals surface area contributed by atoms with Crippen molar-refractivity contribution in [1.82, 2.24) is 0 Å². The largest absolute Gasteiger partial charge is 0.472 e. The van der Waals surface area contributed by atoms with Gasteiger partial charge in [0.15, 0.2) is 12.2 Å². The Kier molecular flexibility index (Phi) is 61.1. The molecule has 5 atom stereocenters. The fourth-order valence-corrected chi connectivity index (χ4v) is 12.0. The van der Waals surface area contributed by atoms with E-state index in [1.54, 1.807) is 0 Å². The number of carbonyl (C=O) groups excluding carboxylic acids is 4. The summed E-state index contributed by atoms with van der Waals surface area (Å²) in [4.78, 5) is 72.4. The van der Waals surface area contributed by atoms with Crippen molar-refractivity contribution in [3.05, 3.63) is 0 Å². The number of hydrogen-bond acceptors (Lipinski definition) is 15. The highest BCUT2D eigenvalue weighted by molar-refractivity contribution is 7.47. The molecule has 0 amide bonds. The van der Waals surface area contributed by atoms with Gasteiger partial charge in [-0.25, -0.2) is 9.13 Å². The first-order valence-corrected chi connectivity index (χ1v) is 39.1. The van der Waals surface area contributed by atoms with Gasteiger partial charge in [0, 0.05) is 25.7 Å². The fraction of sp³-hybridized carbons (Fsp3) is 0.942. The lowest BCUT2D eigenvalue weighted by Gasteiger charge is -2.21. The molecule has 0 aliphatic heterocycles. The van der Waals surface area contributed by atoms with E-state index in [9.17, 15) is 43.2 Å². The number of rotatable bonds is 69. The molecule has 522 valence electrons. The summed E-state index contributed by atoms with van der Waals surface area (Å²) < 4.78 is 68.2. The van der Waals surface area contributed by atoms with Crippen molar-refractivity contribution < 1.29 is 80.2 Å². The molecule has 0 heterocycles.